The quantitative estimate of drug-likeness (QED) is 0.462. The number of hydrogen-bond donors (Lipinski definition) is 3. The molecule has 12 nitrogen and oxygen atoms in total. The Labute approximate surface area is 221 Å². The highest BCUT2D eigenvalue weighted by atomic mass is 16.6. The van der Waals surface area contributed by atoms with Crippen molar-refractivity contribution in [2.45, 2.75) is 20.5 Å². The Hall–Kier alpha value is -4.19. The van der Waals surface area contributed by atoms with Gasteiger partial charge in [0.05, 0.1) is 12.7 Å². The number of aromatic amines is 2. The van der Waals surface area contributed by atoms with E-state index in [0.29, 0.717) is 32.0 Å². The Morgan fingerprint density at radius 1 is 0.816 bits per heavy atom. The zero-order valence-corrected chi connectivity index (χ0v) is 21.9. The topological polar surface area (TPSA) is 140 Å². The summed E-state index contributed by atoms with van der Waals surface area (Å²) in [6, 6.07) is 12.6. The highest BCUT2D eigenvalue weighted by Gasteiger charge is 2.23. The van der Waals surface area contributed by atoms with Crippen LogP contribution in [0.2, 0.25) is 0 Å². The average Bonchev–Trinajstić information content (AvgIpc) is 2.98. The van der Waals surface area contributed by atoms with Gasteiger partial charge in [0.1, 0.15) is 18.2 Å². The number of carbonyl (C=O) groups excluding carboxylic acids is 1. The Bertz CT molecular complexity index is 1220. The van der Waals surface area contributed by atoms with E-state index in [4.69, 9.17) is 4.74 Å². The highest BCUT2D eigenvalue weighted by Crippen LogP contribution is 2.12. The molecule has 0 saturated carbocycles. The van der Waals surface area contributed by atoms with Crippen molar-refractivity contribution in [1.82, 2.24) is 30.2 Å². The maximum Gasteiger partial charge on any atom is 0.410 e. The maximum atomic E-state index is 12.1. The molecule has 2 aliphatic rings. The molecule has 5 rings (SSSR count). The molecule has 2 fully saturated rings. The lowest BCUT2D eigenvalue weighted by atomic mass is 10.2. The van der Waals surface area contributed by atoms with Crippen LogP contribution in [0.15, 0.2) is 64.7 Å². The average molecular weight is 525 g/mol. The number of ether oxygens (including phenoxy) is 1. The van der Waals surface area contributed by atoms with Gasteiger partial charge in [0, 0.05) is 64.5 Å². The smallest absolute Gasteiger partial charge is 0.410 e. The van der Waals surface area contributed by atoms with Crippen LogP contribution in [0, 0.1) is 0 Å². The number of aromatic nitrogens is 4. The minimum atomic E-state index is -0.313. The van der Waals surface area contributed by atoms with Crippen molar-refractivity contribution < 1.29 is 9.53 Å². The van der Waals surface area contributed by atoms with Crippen LogP contribution in [0.1, 0.15) is 19.4 Å². The zero-order valence-electron chi connectivity index (χ0n) is 21.9. The van der Waals surface area contributed by atoms with Gasteiger partial charge in [0.2, 0.25) is 0 Å². The summed E-state index contributed by atoms with van der Waals surface area (Å²) in [7, 11) is 0. The molecule has 0 unspecified atom stereocenters. The van der Waals surface area contributed by atoms with Crippen LogP contribution in [-0.4, -0.2) is 83.3 Å². The first-order valence-electron chi connectivity index (χ1n) is 12.8. The van der Waals surface area contributed by atoms with Crippen molar-refractivity contribution in [3.8, 4) is 0 Å². The lowest BCUT2D eigenvalue weighted by molar-refractivity contribution is 0.0941. The second-order valence-electron chi connectivity index (χ2n) is 8.29. The lowest BCUT2D eigenvalue weighted by Gasteiger charge is -2.34. The van der Waals surface area contributed by atoms with Crippen LogP contribution in [0.5, 0.6) is 0 Å². The number of nitrogens with zero attached hydrogens (tertiary/aromatic N) is 5. The predicted molar refractivity (Wildman–Crippen MR) is 147 cm³/mol. The van der Waals surface area contributed by atoms with E-state index < -0.39 is 0 Å². The second-order valence-corrected chi connectivity index (χ2v) is 8.29. The first-order chi connectivity index (χ1) is 18.6. The molecule has 3 N–H and O–H groups in total. The van der Waals surface area contributed by atoms with Gasteiger partial charge in [0.25, 0.3) is 11.1 Å². The number of amides is 1. The molecule has 2 aromatic heterocycles. The normalized spacial score (nSPS) is 14.9. The molecule has 0 spiro atoms. The molecule has 1 aromatic carbocycles. The lowest BCUT2D eigenvalue weighted by Crippen LogP contribution is -2.49. The molecule has 3 aromatic rings. The third-order valence-electron chi connectivity index (χ3n) is 5.84. The van der Waals surface area contributed by atoms with Crippen LogP contribution in [0.25, 0.3) is 0 Å². The van der Waals surface area contributed by atoms with Gasteiger partial charge in [-0.1, -0.05) is 44.2 Å². The first kappa shape index (κ1) is 28.4. The molecule has 2 aliphatic heterocycles. The van der Waals surface area contributed by atoms with Gasteiger partial charge >= 0.3 is 6.09 Å². The van der Waals surface area contributed by atoms with E-state index in [2.05, 4.69) is 30.2 Å². The fourth-order valence-electron chi connectivity index (χ4n) is 3.88. The van der Waals surface area contributed by atoms with Gasteiger partial charge in [-0.25, -0.2) is 14.8 Å². The SMILES string of the molecule is CC.O=C(OCc1ccccc1)N1CCN(c2cc(=O)[nH]cn2)CC1.O=c1cc(N2CCNCC2)nc[nH]1. The summed E-state index contributed by atoms with van der Waals surface area (Å²) in [6.07, 6.45) is 2.52. The van der Waals surface area contributed by atoms with E-state index in [1.807, 2.05) is 49.1 Å². The fraction of sp³-hybridized carbons (Fsp3) is 0.423. The van der Waals surface area contributed by atoms with E-state index in [1.54, 1.807) is 4.90 Å². The van der Waals surface area contributed by atoms with E-state index in [9.17, 15) is 14.4 Å². The highest BCUT2D eigenvalue weighted by molar-refractivity contribution is 5.68. The zero-order chi connectivity index (χ0) is 27.2. The Morgan fingerprint density at radius 3 is 1.87 bits per heavy atom. The van der Waals surface area contributed by atoms with Crippen molar-refractivity contribution >= 4 is 17.7 Å². The molecule has 0 bridgehead atoms. The van der Waals surface area contributed by atoms with E-state index in [-0.39, 0.29) is 23.8 Å². The van der Waals surface area contributed by atoms with Crippen LogP contribution in [0.3, 0.4) is 0 Å². The molecule has 12 heteroatoms. The number of rotatable bonds is 4. The van der Waals surface area contributed by atoms with Crippen LogP contribution in [-0.2, 0) is 11.3 Å². The van der Waals surface area contributed by atoms with Crippen molar-refractivity contribution in [1.29, 1.82) is 0 Å². The standard InChI is InChI=1S/C16H18N4O3.C8H12N4O.C2H6/c21-15-10-14(17-12-18-15)19-6-8-20(9-7-19)16(22)23-11-13-4-2-1-3-5-13;13-8-5-7(10-6-11-8)12-3-1-9-2-4-12;1-2/h1-5,10,12H,6-9,11H2,(H,17,18,21);5-6,9H,1-4H2,(H,10,11,13);1-2H3. The molecule has 0 atom stereocenters. The Morgan fingerprint density at radius 2 is 1.34 bits per heavy atom. The summed E-state index contributed by atoms with van der Waals surface area (Å²) in [6.45, 7) is 10.3. The minimum Gasteiger partial charge on any atom is -0.445 e. The fourth-order valence-corrected chi connectivity index (χ4v) is 3.88. The molecule has 0 radical (unpaired) electrons. The van der Waals surface area contributed by atoms with Gasteiger partial charge in [-0.3, -0.25) is 9.59 Å². The molecule has 1 amide bonds. The summed E-state index contributed by atoms with van der Waals surface area (Å²) < 4.78 is 5.33. The first-order valence-corrected chi connectivity index (χ1v) is 12.8. The van der Waals surface area contributed by atoms with Gasteiger partial charge in [-0.15, -0.1) is 0 Å². The van der Waals surface area contributed by atoms with Gasteiger partial charge in [-0.2, -0.15) is 0 Å². The van der Waals surface area contributed by atoms with Crippen LogP contribution < -0.4 is 26.2 Å². The number of piperazine rings is 2. The Kier molecular flexibility index (Phi) is 11.3. The molecule has 204 valence electrons. The van der Waals surface area contributed by atoms with Gasteiger partial charge < -0.3 is 34.7 Å². The third-order valence-corrected chi connectivity index (χ3v) is 5.84. The van der Waals surface area contributed by atoms with Crippen molar-refractivity contribution in [3.05, 3.63) is 81.4 Å². The molecule has 38 heavy (non-hydrogen) atoms. The van der Waals surface area contributed by atoms with E-state index in [0.717, 1.165) is 37.6 Å². The van der Waals surface area contributed by atoms with Crippen molar-refractivity contribution in [3.63, 3.8) is 0 Å². The number of anilines is 2. The summed E-state index contributed by atoms with van der Waals surface area (Å²) >= 11 is 0. The number of H-pyrrole nitrogens is 2. The second kappa shape index (κ2) is 15.2. The van der Waals surface area contributed by atoms with Gasteiger partial charge in [-0.05, 0) is 5.56 Å². The summed E-state index contributed by atoms with van der Waals surface area (Å²) in [5.74, 6) is 1.40. The molecule has 0 aliphatic carbocycles. The summed E-state index contributed by atoms with van der Waals surface area (Å²) in [5.41, 5.74) is 0.690. The molecule has 2 saturated heterocycles. The largest absolute Gasteiger partial charge is 0.445 e. The number of nitrogens with one attached hydrogen (secondary N) is 3. The summed E-state index contributed by atoms with van der Waals surface area (Å²) in [5, 5.41) is 3.24. The Balaban J connectivity index is 0.000000225. The minimum absolute atomic E-state index is 0.0940. The van der Waals surface area contributed by atoms with Crippen molar-refractivity contribution in [2.24, 2.45) is 0 Å². The van der Waals surface area contributed by atoms with E-state index >= 15 is 0 Å². The maximum absolute atomic E-state index is 12.1. The third kappa shape index (κ3) is 8.73. The van der Waals surface area contributed by atoms with Gasteiger partial charge in [0.15, 0.2) is 0 Å². The molecular weight excluding hydrogens is 488 g/mol. The molecule has 4 heterocycles. The number of hydrogen-bond acceptors (Lipinski definition) is 9. The van der Waals surface area contributed by atoms with E-state index in [1.165, 1.54) is 24.8 Å². The number of carbonyl (C=O) groups is 1. The van der Waals surface area contributed by atoms with Crippen LogP contribution >= 0.6 is 0 Å². The predicted octanol–water partition coefficient (Wildman–Crippen LogP) is 1.43. The van der Waals surface area contributed by atoms with Crippen LogP contribution in [0.4, 0.5) is 16.4 Å². The monoisotopic (exact) mass is 524 g/mol. The summed E-state index contributed by atoms with van der Waals surface area (Å²) in [4.78, 5) is 53.4. The molecular formula is C26H36N8O4. The number of benzene rings is 1. The van der Waals surface area contributed by atoms with Crippen molar-refractivity contribution in [2.75, 3.05) is 62.2 Å².